The van der Waals surface area contributed by atoms with Gasteiger partial charge in [0.15, 0.2) is 0 Å². The van der Waals surface area contributed by atoms with Crippen LogP contribution in [-0.4, -0.2) is 5.11 Å². The number of aliphatic hydroxyl groups excluding tert-OH is 1. The predicted molar refractivity (Wildman–Crippen MR) is 67.4 cm³/mol. The monoisotopic (exact) mass is 218 g/mol. The Labute approximate surface area is 98.5 Å². The van der Waals surface area contributed by atoms with Crippen molar-refractivity contribution in [2.24, 2.45) is 5.92 Å². The van der Waals surface area contributed by atoms with Gasteiger partial charge in [0.1, 0.15) is 0 Å². The van der Waals surface area contributed by atoms with Crippen molar-refractivity contribution in [2.75, 3.05) is 0 Å². The van der Waals surface area contributed by atoms with E-state index in [0.717, 1.165) is 5.56 Å². The molecule has 1 aliphatic carbocycles. The fourth-order valence-electron chi connectivity index (χ4n) is 2.45. The Balaban J connectivity index is 2.32. The summed E-state index contributed by atoms with van der Waals surface area (Å²) in [6.07, 6.45) is 3.38. The first-order chi connectivity index (χ1) is 7.50. The minimum absolute atomic E-state index is 0.112. The number of hydrogen-bond donors (Lipinski definition) is 1. The summed E-state index contributed by atoms with van der Waals surface area (Å²) in [6.45, 7) is 6.62. The zero-order valence-corrected chi connectivity index (χ0v) is 10.5. The van der Waals surface area contributed by atoms with Gasteiger partial charge < -0.3 is 5.11 Å². The van der Waals surface area contributed by atoms with Gasteiger partial charge in [-0.25, -0.2) is 0 Å². The molecule has 1 heteroatoms. The number of hydrogen-bond acceptors (Lipinski definition) is 1. The van der Waals surface area contributed by atoms with Crippen molar-refractivity contribution < 1.29 is 5.11 Å². The van der Waals surface area contributed by atoms with Gasteiger partial charge in [-0.2, -0.15) is 0 Å². The van der Waals surface area contributed by atoms with E-state index in [4.69, 9.17) is 0 Å². The van der Waals surface area contributed by atoms with Crippen LogP contribution in [0.15, 0.2) is 24.3 Å². The van der Waals surface area contributed by atoms with Gasteiger partial charge in [-0.05, 0) is 35.3 Å². The first-order valence-corrected chi connectivity index (χ1v) is 6.27. The van der Waals surface area contributed by atoms with Gasteiger partial charge >= 0.3 is 0 Å². The summed E-state index contributed by atoms with van der Waals surface area (Å²) in [6, 6.07) is 8.34. The van der Waals surface area contributed by atoms with Gasteiger partial charge in [-0.1, -0.05) is 51.5 Å². The maximum absolute atomic E-state index is 10.4. The summed E-state index contributed by atoms with van der Waals surface area (Å²) in [5.41, 5.74) is 2.54. The molecule has 0 saturated heterocycles. The molecule has 2 rings (SSSR count). The highest BCUT2D eigenvalue weighted by atomic mass is 16.3. The molecule has 1 saturated carbocycles. The van der Waals surface area contributed by atoms with E-state index in [9.17, 15) is 5.11 Å². The predicted octanol–water partition coefficient (Wildman–Crippen LogP) is 3.82. The average Bonchev–Trinajstić information content (AvgIpc) is 2.13. The molecule has 1 aromatic rings. The molecule has 1 N–H and O–H groups in total. The third-order valence-corrected chi connectivity index (χ3v) is 3.68. The van der Waals surface area contributed by atoms with Gasteiger partial charge in [0, 0.05) is 0 Å². The molecule has 0 heterocycles. The fraction of sp³-hybridized carbons (Fsp3) is 0.600. The molecule has 0 aromatic heterocycles. The summed E-state index contributed by atoms with van der Waals surface area (Å²) in [4.78, 5) is 0. The maximum Gasteiger partial charge on any atom is 0.0821 e. The topological polar surface area (TPSA) is 20.2 Å². The molecular formula is C15H22O. The van der Waals surface area contributed by atoms with Crippen LogP contribution in [0.1, 0.15) is 57.3 Å². The zero-order chi connectivity index (χ0) is 11.8. The van der Waals surface area contributed by atoms with Crippen molar-refractivity contribution in [2.45, 2.75) is 51.6 Å². The molecule has 1 nitrogen and oxygen atoms in total. The van der Waals surface area contributed by atoms with Gasteiger partial charge in [0.2, 0.25) is 0 Å². The third kappa shape index (κ3) is 2.15. The van der Waals surface area contributed by atoms with Crippen LogP contribution in [0.5, 0.6) is 0 Å². The minimum Gasteiger partial charge on any atom is -0.388 e. The highest BCUT2D eigenvalue weighted by Gasteiger charge is 2.30. The van der Waals surface area contributed by atoms with E-state index in [1.165, 1.54) is 24.8 Å². The molecule has 1 aliphatic rings. The summed E-state index contributed by atoms with van der Waals surface area (Å²) in [5.74, 6) is 0.489. The second-order valence-electron chi connectivity index (χ2n) is 5.97. The molecule has 0 aliphatic heterocycles. The number of benzene rings is 1. The molecule has 1 unspecified atom stereocenters. The quantitative estimate of drug-likeness (QED) is 0.800. The van der Waals surface area contributed by atoms with E-state index >= 15 is 0 Å². The maximum atomic E-state index is 10.4. The van der Waals surface area contributed by atoms with Crippen LogP contribution in [-0.2, 0) is 5.41 Å². The van der Waals surface area contributed by atoms with Crippen LogP contribution in [0.4, 0.5) is 0 Å². The van der Waals surface area contributed by atoms with Crippen LogP contribution >= 0.6 is 0 Å². The second-order valence-corrected chi connectivity index (χ2v) is 5.97. The molecule has 1 fully saturated rings. The summed E-state index contributed by atoms with van der Waals surface area (Å²) < 4.78 is 0. The normalized spacial score (nSPS) is 19.2. The van der Waals surface area contributed by atoms with Crippen molar-refractivity contribution >= 4 is 0 Å². The lowest BCUT2D eigenvalue weighted by Crippen LogP contribution is -2.23. The molecule has 1 aromatic carbocycles. The highest BCUT2D eigenvalue weighted by Crippen LogP contribution is 2.40. The Morgan fingerprint density at radius 3 is 2.31 bits per heavy atom. The number of aliphatic hydroxyl groups is 1. The molecule has 0 bridgehead atoms. The van der Waals surface area contributed by atoms with Crippen molar-refractivity contribution in [3.63, 3.8) is 0 Å². The molecule has 0 radical (unpaired) electrons. The Bertz CT molecular complexity index is 358. The first-order valence-electron chi connectivity index (χ1n) is 6.27. The van der Waals surface area contributed by atoms with E-state index in [-0.39, 0.29) is 11.5 Å². The van der Waals surface area contributed by atoms with E-state index < -0.39 is 0 Å². The minimum atomic E-state index is -0.260. The second kappa shape index (κ2) is 4.21. The van der Waals surface area contributed by atoms with Gasteiger partial charge in [-0.15, -0.1) is 0 Å². The lowest BCUT2D eigenvalue weighted by atomic mass is 9.74. The van der Waals surface area contributed by atoms with E-state index in [0.29, 0.717) is 5.92 Å². The van der Waals surface area contributed by atoms with Crippen molar-refractivity contribution in [1.82, 2.24) is 0 Å². The molecule has 0 spiro atoms. The van der Waals surface area contributed by atoms with Crippen molar-refractivity contribution in [3.8, 4) is 0 Å². The Morgan fingerprint density at radius 1 is 1.19 bits per heavy atom. The smallest absolute Gasteiger partial charge is 0.0821 e. The Kier molecular flexibility index (Phi) is 3.07. The van der Waals surface area contributed by atoms with Crippen LogP contribution in [0.25, 0.3) is 0 Å². The van der Waals surface area contributed by atoms with Crippen LogP contribution < -0.4 is 0 Å². The van der Waals surface area contributed by atoms with Gasteiger partial charge in [-0.3, -0.25) is 0 Å². The summed E-state index contributed by atoms with van der Waals surface area (Å²) >= 11 is 0. The average molecular weight is 218 g/mol. The zero-order valence-electron chi connectivity index (χ0n) is 10.5. The van der Waals surface area contributed by atoms with Crippen molar-refractivity contribution in [1.29, 1.82) is 0 Å². The van der Waals surface area contributed by atoms with Crippen molar-refractivity contribution in [3.05, 3.63) is 35.4 Å². The first kappa shape index (κ1) is 11.7. The molecule has 1 atom stereocenters. The van der Waals surface area contributed by atoms with E-state index in [1.807, 2.05) is 6.07 Å². The fourth-order valence-corrected chi connectivity index (χ4v) is 2.45. The Morgan fingerprint density at radius 2 is 1.81 bits per heavy atom. The largest absolute Gasteiger partial charge is 0.388 e. The third-order valence-electron chi connectivity index (χ3n) is 3.68. The molecular weight excluding hydrogens is 196 g/mol. The van der Waals surface area contributed by atoms with Gasteiger partial charge in [0.25, 0.3) is 0 Å². The van der Waals surface area contributed by atoms with Crippen LogP contribution in [0, 0.1) is 5.92 Å². The lowest BCUT2D eigenvalue weighted by Gasteiger charge is -2.33. The Hall–Kier alpha value is -0.820. The molecule has 16 heavy (non-hydrogen) atoms. The SMILES string of the molecule is CC(C)(C)c1ccccc1C(O)C1CCC1. The molecule has 88 valence electrons. The standard InChI is InChI=1S/C15H22O/c1-15(2,3)13-10-5-4-9-12(13)14(16)11-7-6-8-11/h4-5,9-11,14,16H,6-8H2,1-3H3. The van der Waals surface area contributed by atoms with Crippen LogP contribution in [0.3, 0.4) is 0 Å². The van der Waals surface area contributed by atoms with Gasteiger partial charge in [0.05, 0.1) is 6.10 Å². The molecule has 0 amide bonds. The van der Waals surface area contributed by atoms with E-state index in [1.54, 1.807) is 0 Å². The summed E-state index contributed by atoms with van der Waals surface area (Å²) in [7, 11) is 0. The highest BCUT2D eigenvalue weighted by molar-refractivity contribution is 5.34. The lowest BCUT2D eigenvalue weighted by molar-refractivity contribution is 0.0607. The number of rotatable bonds is 2. The van der Waals surface area contributed by atoms with E-state index in [2.05, 4.69) is 39.0 Å². The summed E-state index contributed by atoms with van der Waals surface area (Å²) in [5, 5.41) is 10.4. The van der Waals surface area contributed by atoms with Crippen LogP contribution in [0.2, 0.25) is 0 Å².